The molecule has 12 heteroatoms. The highest BCUT2D eigenvalue weighted by atomic mass is 32.1. The summed E-state index contributed by atoms with van der Waals surface area (Å²) in [4.78, 5) is 25.0. The Morgan fingerprint density at radius 1 is 1.15 bits per heavy atom. The highest BCUT2D eigenvalue weighted by molar-refractivity contribution is 7.72. The number of benzene rings is 2. The third-order valence-corrected chi connectivity index (χ3v) is 5.40. The van der Waals surface area contributed by atoms with Crippen molar-refractivity contribution >= 4 is 47.6 Å². The monoisotopic (exact) mass is 489 g/mol. The van der Waals surface area contributed by atoms with Gasteiger partial charge in [0.1, 0.15) is 11.9 Å². The number of aliphatic hydroxyl groups excluding tert-OH is 1. The summed E-state index contributed by atoms with van der Waals surface area (Å²) in [5, 5.41) is 27.7. The first-order valence-corrected chi connectivity index (χ1v) is 10.6. The number of ether oxygens (including phenoxy) is 1. The Kier molecular flexibility index (Phi) is 7.63. The summed E-state index contributed by atoms with van der Waals surface area (Å²) < 4.78 is 8.33. The summed E-state index contributed by atoms with van der Waals surface area (Å²) in [6.45, 7) is 1.36. The number of rotatable bonds is 10. The normalized spacial score (nSPS) is 12.6. The number of carbonyl (C=O) groups is 2. The quantitative estimate of drug-likeness (QED) is 0.165. The summed E-state index contributed by atoms with van der Waals surface area (Å²) in [6, 6.07) is 12.6. The van der Waals surface area contributed by atoms with E-state index in [1.54, 1.807) is 28.8 Å². The number of nitrogens with one attached hydrogen (secondary N) is 3. The molecule has 0 fully saturated rings. The molecule has 0 radical (unpaired) electrons. The second-order valence-electron chi connectivity index (χ2n) is 7.14. The van der Waals surface area contributed by atoms with Crippen molar-refractivity contribution in [1.82, 2.24) is 14.8 Å². The molecule has 1 heterocycles. The molecule has 0 aliphatic carbocycles. The highest BCUT2D eigenvalue weighted by Crippen LogP contribution is 2.23. The molecule has 3 aromatic rings. The maximum atomic E-state index is 12.1. The van der Waals surface area contributed by atoms with E-state index in [2.05, 4.69) is 15.5 Å². The van der Waals surface area contributed by atoms with Crippen molar-refractivity contribution in [2.45, 2.75) is 19.1 Å². The van der Waals surface area contributed by atoms with Gasteiger partial charge in [0.2, 0.25) is 0 Å². The van der Waals surface area contributed by atoms with Gasteiger partial charge in [0.15, 0.2) is 28.1 Å². The number of H-pyrrole nitrogens is 2. The average Bonchev–Trinajstić information content (AvgIpc) is 3.11. The molecule has 0 aliphatic rings. The van der Waals surface area contributed by atoms with E-state index >= 15 is 0 Å². The maximum absolute atomic E-state index is 12.1. The highest BCUT2D eigenvalue weighted by Gasteiger charge is 2.33. The minimum Gasteiger partial charge on any atom is -0.479 e. The lowest BCUT2D eigenvalue weighted by Crippen LogP contribution is -2.48. The van der Waals surface area contributed by atoms with Crippen molar-refractivity contribution in [3.8, 4) is 11.4 Å². The molecule has 0 saturated carbocycles. The maximum Gasteiger partial charge on any atom is 0.334 e. The number of hydrogen-bond donors (Lipinski definition) is 5. The summed E-state index contributed by atoms with van der Waals surface area (Å²) in [7, 11) is 1.47. The Labute approximate surface area is 199 Å². The van der Waals surface area contributed by atoms with E-state index in [0.29, 0.717) is 21.0 Å². The van der Waals surface area contributed by atoms with Crippen LogP contribution in [-0.4, -0.2) is 62.7 Å². The topological polar surface area (TPSA) is 136 Å². The first kappa shape index (κ1) is 24.2. The molecule has 1 aromatic heterocycles. The molecule has 33 heavy (non-hydrogen) atoms. The average molecular weight is 490 g/mol. The van der Waals surface area contributed by atoms with Gasteiger partial charge < -0.3 is 25.2 Å². The fraction of sp³-hybridized carbons (Fsp3) is 0.238. The first-order chi connectivity index (χ1) is 15.7. The molecule has 2 atom stereocenters. The van der Waals surface area contributed by atoms with Crippen LogP contribution in [0, 0.1) is 9.54 Å². The third kappa shape index (κ3) is 5.66. The van der Waals surface area contributed by atoms with Crippen LogP contribution in [0.25, 0.3) is 5.69 Å². The Balaban J connectivity index is 1.69. The predicted octanol–water partition coefficient (Wildman–Crippen LogP) is 2.88. The fourth-order valence-corrected chi connectivity index (χ4v) is 3.70. The van der Waals surface area contributed by atoms with Crippen LogP contribution in [0.15, 0.2) is 48.5 Å². The van der Waals surface area contributed by atoms with E-state index in [1.807, 2.05) is 24.3 Å². The predicted molar refractivity (Wildman–Crippen MR) is 128 cm³/mol. The number of likely N-dealkylation sites (N-methyl/N-ethyl adjacent to an activating group) is 1. The van der Waals surface area contributed by atoms with Crippen LogP contribution in [0.3, 0.4) is 0 Å². The van der Waals surface area contributed by atoms with Crippen LogP contribution < -0.4 is 15.0 Å². The SMILES string of the molecule is CC(O)C(=O)C(C(=O)O)N(C)c1cccc(OCNc2cccc(-n3c(=S)[nH][nH]c3=S)c2)c1. The van der Waals surface area contributed by atoms with Crippen LogP contribution in [0.2, 0.25) is 0 Å². The number of aliphatic hydroxyl groups is 1. The number of carbonyl (C=O) groups excluding carboxylic acids is 1. The van der Waals surface area contributed by atoms with Crippen molar-refractivity contribution in [2.75, 3.05) is 24.0 Å². The van der Waals surface area contributed by atoms with Crippen LogP contribution in [0.5, 0.6) is 5.75 Å². The molecule has 2 unspecified atom stereocenters. The van der Waals surface area contributed by atoms with Gasteiger partial charge in [-0.1, -0.05) is 12.1 Å². The van der Waals surface area contributed by atoms with E-state index in [-0.39, 0.29) is 6.73 Å². The number of carboxylic acids is 1. The Hall–Kier alpha value is -3.48. The Morgan fingerprint density at radius 3 is 2.45 bits per heavy atom. The summed E-state index contributed by atoms with van der Waals surface area (Å²) >= 11 is 10.5. The van der Waals surface area contributed by atoms with Crippen molar-refractivity contribution in [3.63, 3.8) is 0 Å². The minimum absolute atomic E-state index is 0.122. The van der Waals surface area contributed by atoms with Gasteiger partial charge in [0.05, 0.1) is 5.69 Å². The van der Waals surface area contributed by atoms with Crippen molar-refractivity contribution in [1.29, 1.82) is 0 Å². The second kappa shape index (κ2) is 10.4. The first-order valence-electron chi connectivity index (χ1n) is 9.83. The third-order valence-electron chi connectivity index (χ3n) is 4.83. The van der Waals surface area contributed by atoms with E-state index in [4.69, 9.17) is 29.2 Å². The van der Waals surface area contributed by atoms with Gasteiger partial charge in [-0.2, -0.15) is 0 Å². The number of aromatic amines is 2. The number of hydrogen-bond acceptors (Lipinski definition) is 8. The molecule has 0 bridgehead atoms. The van der Waals surface area contributed by atoms with E-state index in [9.17, 15) is 19.8 Å². The van der Waals surface area contributed by atoms with E-state index < -0.39 is 23.9 Å². The molecular formula is C21H23N5O5S2. The molecule has 5 N–H and O–H groups in total. The van der Waals surface area contributed by atoms with Gasteiger partial charge in [0, 0.05) is 24.5 Å². The minimum atomic E-state index is -1.52. The zero-order chi connectivity index (χ0) is 24.1. The Bertz CT molecular complexity index is 1240. The van der Waals surface area contributed by atoms with Crippen LogP contribution in [0.1, 0.15) is 6.92 Å². The van der Waals surface area contributed by atoms with Crippen LogP contribution in [0.4, 0.5) is 11.4 Å². The molecular weight excluding hydrogens is 466 g/mol. The molecule has 3 rings (SSSR count). The van der Waals surface area contributed by atoms with Gasteiger partial charge in [-0.05, 0) is 61.7 Å². The second-order valence-corrected chi connectivity index (χ2v) is 7.91. The lowest BCUT2D eigenvalue weighted by Gasteiger charge is -2.26. The summed E-state index contributed by atoms with van der Waals surface area (Å²) in [5.74, 6) is -1.69. The number of Topliss-reactive ketones (excluding diaryl/α,β-unsaturated/α-hetero) is 1. The number of nitrogens with zero attached hydrogens (tertiary/aromatic N) is 2. The molecule has 10 nitrogen and oxygen atoms in total. The molecule has 0 aliphatic heterocycles. The van der Waals surface area contributed by atoms with Gasteiger partial charge in [-0.3, -0.25) is 19.6 Å². The molecule has 0 saturated heterocycles. The molecule has 0 spiro atoms. The van der Waals surface area contributed by atoms with Gasteiger partial charge in [0.25, 0.3) is 0 Å². The van der Waals surface area contributed by atoms with Gasteiger partial charge in [-0.15, -0.1) is 0 Å². The Morgan fingerprint density at radius 2 is 1.82 bits per heavy atom. The lowest BCUT2D eigenvalue weighted by molar-refractivity contribution is -0.144. The van der Waals surface area contributed by atoms with Crippen molar-refractivity contribution in [2.24, 2.45) is 0 Å². The van der Waals surface area contributed by atoms with E-state index in [1.165, 1.54) is 18.9 Å². The number of aliphatic carboxylic acids is 1. The number of ketones is 1. The molecule has 174 valence electrons. The lowest BCUT2D eigenvalue weighted by atomic mass is 10.1. The zero-order valence-corrected chi connectivity index (χ0v) is 19.4. The number of carboxylic acid groups (broad SMARTS) is 1. The fourth-order valence-electron chi connectivity index (χ4n) is 3.15. The summed E-state index contributed by atoms with van der Waals surface area (Å²) in [6.07, 6.45) is -1.40. The summed E-state index contributed by atoms with van der Waals surface area (Å²) in [5.41, 5.74) is 2.00. The molecule has 0 amide bonds. The largest absolute Gasteiger partial charge is 0.479 e. The molecule has 2 aromatic carbocycles. The van der Waals surface area contributed by atoms with Crippen molar-refractivity contribution < 1.29 is 24.5 Å². The van der Waals surface area contributed by atoms with Crippen molar-refractivity contribution in [3.05, 3.63) is 58.1 Å². The van der Waals surface area contributed by atoms with E-state index in [0.717, 1.165) is 11.4 Å². The zero-order valence-electron chi connectivity index (χ0n) is 17.8. The van der Waals surface area contributed by atoms with Gasteiger partial charge in [-0.25, -0.2) is 4.79 Å². The number of anilines is 2. The smallest absolute Gasteiger partial charge is 0.334 e. The van der Waals surface area contributed by atoms with Gasteiger partial charge >= 0.3 is 5.97 Å². The van der Waals surface area contributed by atoms with Crippen LogP contribution in [-0.2, 0) is 9.59 Å². The number of aromatic nitrogens is 3. The van der Waals surface area contributed by atoms with Crippen LogP contribution >= 0.6 is 24.4 Å². The standard InChI is InChI=1S/C21H23N5O5S2/c1-12(27)18(28)17(19(29)30)25(2)14-6-4-8-16(10-14)31-11-22-13-5-3-7-15(9-13)26-20(32)23-24-21(26)33/h3-10,12,17,22,27H,11H2,1-2H3,(H,23,32)(H,24,33)(H,29,30).